The minimum absolute atomic E-state index is 0.189. The predicted octanol–water partition coefficient (Wildman–Crippen LogP) is 5.79. The van der Waals surface area contributed by atoms with Crippen molar-refractivity contribution in [3.8, 4) is 0 Å². The van der Waals surface area contributed by atoms with Gasteiger partial charge in [0.25, 0.3) is 0 Å². The summed E-state index contributed by atoms with van der Waals surface area (Å²) in [4.78, 5) is 2.17. The standard InChI is InChI=1S/C21H28NO3P/c1-16(2)24-26(23,25-17(3)4)21-20-13-9-8-10-18(20)14-15-22(21)19-11-6-5-7-12-19/h5-13,16-17,21H,14-15H2,1-4H3. The van der Waals surface area contributed by atoms with Crippen molar-refractivity contribution in [1.82, 2.24) is 0 Å². The molecule has 1 heterocycles. The fraction of sp³-hybridized carbons (Fsp3) is 0.429. The van der Waals surface area contributed by atoms with Gasteiger partial charge >= 0.3 is 7.60 Å². The molecule has 1 aliphatic rings. The van der Waals surface area contributed by atoms with Crippen LogP contribution in [0.3, 0.4) is 0 Å². The summed E-state index contributed by atoms with van der Waals surface area (Å²) in [6.07, 6.45) is 0.530. The van der Waals surface area contributed by atoms with Gasteiger partial charge in [-0.3, -0.25) is 4.57 Å². The molecular weight excluding hydrogens is 345 g/mol. The SMILES string of the molecule is CC(C)OP(=O)(OC(C)C)C1c2ccccc2CCN1c1ccccc1. The Morgan fingerprint density at radius 1 is 0.923 bits per heavy atom. The van der Waals surface area contributed by atoms with Crippen molar-refractivity contribution in [1.29, 1.82) is 0 Å². The molecule has 0 saturated heterocycles. The Morgan fingerprint density at radius 3 is 2.12 bits per heavy atom. The molecule has 140 valence electrons. The number of rotatable bonds is 6. The van der Waals surface area contributed by atoms with Gasteiger partial charge in [-0.05, 0) is 57.4 Å². The highest BCUT2D eigenvalue weighted by molar-refractivity contribution is 7.54. The summed E-state index contributed by atoms with van der Waals surface area (Å²) in [6, 6.07) is 18.3. The molecule has 0 radical (unpaired) electrons. The number of hydrogen-bond acceptors (Lipinski definition) is 4. The number of para-hydroxylation sites is 1. The molecule has 0 saturated carbocycles. The topological polar surface area (TPSA) is 38.8 Å². The van der Waals surface area contributed by atoms with Crippen LogP contribution in [0.4, 0.5) is 5.69 Å². The third-order valence-corrected chi connectivity index (χ3v) is 6.94. The van der Waals surface area contributed by atoms with Gasteiger partial charge in [0.1, 0.15) is 0 Å². The van der Waals surface area contributed by atoms with Crippen LogP contribution >= 0.6 is 7.60 Å². The van der Waals surface area contributed by atoms with E-state index in [2.05, 4.69) is 29.2 Å². The lowest BCUT2D eigenvalue weighted by Gasteiger charge is -2.42. The van der Waals surface area contributed by atoms with E-state index in [0.29, 0.717) is 0 Å². The highest BCUT2D eigenvalue weighted by Gasteiger charge is 2.45. The molecule has 5 heteroatoms. The molecule has 1 atom stereocenters. The molecule has 3 rings (SSSR count). The Morgan fingerprint density at radius 2 is 1.50 bits per heavy atom. The van der Waals surface area contributed by atoms with Crippen LogP contribution < -0.4 is 4.90 Å². The molecule has 0 fully saturated rings. The third-order valence-electron chi connectivity index (χ3n) is 4.35. The molecule has 0 amide bonds. The zero-order valence-electron chi connectivity index (χ0n) is 16.0. The van der Waals surface area contributed by atoms with Crippen molar-refractivity contribution in [2.24, 2.45) is 0 Å². The number of nitrogens with zero attached hydrogens (tertiary/aromatic N) is 1. The molecule has 2 aromatic rings. The molecule has 0 aliphatic carbocycles. The van der Waals surface area contributed by atoms with Crippen molar-refractivity contribution in [3.63, 3.8) is 0 Å². The predicted molar refractivity (Wildman–Crippen MR) is 107 cm³/mol. The zero-order chi connectivity index (χ0) is 18.7. The minimum Gasteiger partial charge on any atom is -0.353 e. The quantitative estimate of drug-likeness (QED) is 0.601. The van der Waals surface area contributed by atoms with Crippen LogP contribution in [0, 0.1) is 0 Å². The average molecular weight is 373 g/mol. The summed E-state index contributed by atoms with van der Waals surface area (Å²) >= 11 is 0. The highest BCUT2D eigenvalue weighted by atomic mass is 31.2. The van der Waals surface area contributed by atoms with Gasteiger partial charge in [-0.15, -0.1) is 0 Å². The van der Waals surface area contributed by atoms with Crippen LogP contribution in [0.25, 0.3) is 0 Å². The van der Waals surface area contributed by atoms with Gasteiger partial charge in [0.15, 0.2) is 5.78 Å². The first-order chi connectivity index (χ1) is 12.4. The molecule has 0 spiro atoms. The van der Waals surface area contributed by atoms with E-state index in [4.69, 9.17) is 9.05 Å². The first kappa shape index (κ1) is 19.2. The van der Waals surface area contributed by atoms with Gasteiger partial charge in [-0.1, -0.05) is 42.5 Å². The lowest BCUT2D eigenvalue weighted by molar-refractivity contribution is 0.135. The molecule has 4 nitrogen and oxygen atoms in total. The first-order valence-corrected chi connectivity index (χ1v) is 10.9. The third kappa shape index (κ3) is 4.03. The average Bonchev–Trinajstić information content (AvgIpc) is 2.60. The van der Waals surface area contributed by atoms with Crippen LogP contribution in [-0.4, -0.2) is 18.8 Å². The molecule has 0 aromatic heterocycles. The van der Waals surface area contributed by atoms with Crippen molar-refractivity contribution in [2.75, 3.05) is 11.4 Å². The van der Waals surface area contributed by atoms with Gasteiger partial charge in [0.05, 0.1) is 12.2 Å². The molecule has 2 aromatic carbocycles. The summed E-state index contributed by atoms with van der Waals surface area (Å²) < 4.78 is 26.0. The lowest BCUT2D eigenvalue weighted by Crippen LogP contribution is -2.37. The van der Waals surface area contributed by atoms with E-state index in [0.717, 1.165) is 24.2 Å². The fourth-order valence-corrected chi connectivity index (χ4v) is 6.14. The second-order valence-corrected chi connectivity index (χ2v) is 9.19. The van der Waals surface area contributed by atoms with Gasteiger partial charge in [0, 0.05) is 12.2 Å². The first-order valence-electron chi connectivity index (χ1n) is 9.27. The van der Waals surface area contributed by atoms with E-state index in [9.17, 15) is 4.57 Å². The normalized spacial score (nSPS) is 17.6. The summed E-state index contributed by atoms with van der Waals surface area (Å²) in [5, 5.41) is 0. The Balaban J connectivity index is 2.13. The van der Waals surface area contributed by atoms with E-state index >= 15 is 0 Å². The van der Waals surface area contributed by atoms with Gasteiger partial charge in [-0.25, -0.2) is 0 Å². The van der Waals surface area contributed by atoms with E-state index in [1.165, 1.54) is 5.56 Å². The summed E-state index contributed by atoms with van der Waals surface area (Å²) in [5.41, 5.74) is 3.28. The molecule has 1 aliphatic heterocycles. The van der Waals surface area contributed by atoms with Gasteiger partial charge in [0.2, 0.25) is 0 Å². The van der Waals surface area contributed by atoms with Crippen LogP contribution in [-0.2, 0) is 20.0 Å². The smallest absolute Gasteiger partial charge is 0.353 e. The summed E-state index contributed by atoms with van der Waals surface area (Å²) in [5.74, 6) is -0.445. The van der Waals surface area contributed by atoms with Crippen LogP contribution in [0.1, 0.15) is 44.6 Å². The van der Waals surface area contributed by atoms with Crippen LogP contribution in [0.5, 0.6) is 0 Å². The molecular formula is C21H28NO3P. The number of hydrogen-bond donors (Lipinski definition) is 0. The Bertz CT molecular complexity index is 762. The minimum atomic E-state index is -3.44. The van der Waals surface area contributed by atoms with Crippen LogP contribution in [0.15, 0.2) is 54.6 Å². The molecule has 0 bridgehead atoms. The molecule has 1 unspecified atom stereocenters. The second kappa shape index (κ2) is 7.96. The second-order valence-electron chi connectivity index (χ2n) is 7.20. The van der Waals surface area contributed by atoms with Crippen LogP contribution in [0.2, 0.25) is 0 Å². The molecule has 0 N–H and O–H groups in total. The Kier molecular flexibility index (Phi) is 5.86. The fourth-order valence-electron chi connectivity index (χ4n) is 3.50. The Labute approximate surface area is 156 Å². The zero-order valence-corrected chi connectivity index (χ0v) is 16.9. The van der Waals surface area contributed by atoms with Crippen molar-refractivity contribution in [3.05, 3.63) is 65.7 Å². The van der Waals surface area contributed by atoms with E-state index in [1.54, 1.807) is 0 Å². The lowest BCUT2D eigenvalue weighted by atomic mass is 9.99. The number of fused-ring (bicyclic) bond motifs is 1. The highest BCUT2D eigenvalue weighted by Crippen LogP contribution is 2.65. The van der Waals surface area contributed by atoms with E-state index in [1.807, 2.05) is 58.0 Å². The van der Waals surface area contributed by atoms with Crippen molar-refractivity contribution >= 4 is 13.3 Å². The van der Waals surface area contributed by atoms with Gasteiger partial charge < -0.3 is 13.9 Å². The van der Waals surface area contributed by atoms with Gasteiger partial charge in [-0.2, -0.15) is 0 Å². The summed E-state index contributed by atoms with van der Waals surface area (Å²) in [6.45, 7) is 8.38. The summed E-state index contributed by atoms with van der Waals surface area (Å²) in [7, 11) is -3.44. The monoisotopic (exact) mass is 373 g/mol. The van der Waals surface area contributed by atoms with Crippen molar-refractivity contribution < 1.29 is 13.6 Å². The van der Waals surface area contributed by atoms with Crippen molar-refractivity contribution in [2.45, 2.75) is 52.1 Å². The number of anilines is 1. The number of benzene rings is 2. The molecule has 26 heavy (non-hydrogen) atoms. The van der Waals surface area contributed by atoms with E-state index in [-0.39, 0.29) is 12.2 Å². The Hall–Kier alpha value is -1.61. The maximum atomic E-state index is 14.0. The maximum absolute atomic E-state index is 14.0. The largest absolute Gasteiger partial charge is 0.357 e. The van der Waals surface area contributed by atoms with E-state index < -0.39 is 13.4 Å². The maximum Gasteiger partial charge on any atom is 0.357 e.